The normalized spacial score (nSPS) is 15.1. The molecule has 1 heterocycles. The molecule has 0 bridgehead atoms. The fraction of sp³-hybridized carbons (Fsp3) is 0.627. The number of carbonyl (C=O) groups excluding carboxylic acids is 8. The maximum atomic E-state index is 13.6. The molecule has 0 radical (unpaired) electrons. The van der Waals surface area contributed by atoms with Crippen LogP contribution in [0.5, 0.6) is 5.75 Å². The summed E-state index contributed by atoms with van der Waals surface area (Å²) in [6.07, 6.45) is 1.13. The molecule has 0 aliphatic heterocycles. The number of aromatic nitrogens is 3. The fourth-order valence-corrected chi connectivity index (χ4v) is 7.97. The molecule has 14 N–H and O–H groups in total. The molecule has 434 valence electrons. The zero-order valence-electron chi connectivity index (χ0n) is 45.8. The third-order valence-corrected chi connectivity index (χ3v) is 12.5. The van der Waals surface area contributed by atoms with E-state index < -0.39 is 145 Å². The van der Waals surface area contributed by atoms with Gasteiger partial charge in [-0.1, -0.05) is 65.3 Å². The van der Waals surface area contributed by atoms with Gasteiger partial charge in [0.05, 0.1) is 18.2 Å². The number of amides is 8. The van der Waals surface area contributed by atoms with Gasteiger partial charge >= 0.3 is 17.9 Å². The molecule has 2 aromatic rings. The maximum absolute atomic E-state index is 13.6. The molecule has 0 fully saturated rings. The summed E-state index contributed by atoms with van der Waals surface area (Å²) in [7, 11) is 0. The number of phenolic OH excluding ortho intramolecular Hbond substituents is 1. The van der Waals surface area contributed by atoms with Crippen molar-refractivity contribution in [2.75, 3.05) is 0 Å². The van der Waals surface area contributed by atoms with Crippen molar-refractivity contribution in [1.29, 1.82) is 0 Å². The van der Waals surface area contributed by atoms with Gasteiger partial charge in [-0.3, -0.25) is 52.6 Å². The minimum absolute atomic E-state index is 0.0320. The summed E-state index contributed by atoms with van der Waals surface area (Å²) in [5.74, 6) is -11.2. The Kier molecular flexibility index (Phi) is 27.9. The Balaban J connectivity index is 2.13. The van der Waals surface area contributed by atoms with E-state index in [-0.39, 0.29) is 42.8 Å². The Morgan fingerprint density at radius 2 is 1.18 bits per heavy atom. The van der Waals surface area contributed by atoms with Crippen LogP contribution in [0.1, 0.15) is 125 Å². The second-order valence-electron chi connectivity index (χ2n) is 20.3. The van der Waals surface area contributed by atoms with Gasteiger partial charge in [-0.25, -0.2) is 4.79 Å². The van der Waals surface area contributed by atoms with Crippen LogP contribution in [0.15, 0.2) is 30.5 Å². The van der Waals surface area contributed by atoms with Crippen molar-refractivity contribution >= 4 is 65.2 Å². The highest BCUT2D eigenvalue weighted by Crippen LogP contribution is 2.15. The average molecular weight is 1100 g/mol. The summed E-state index contributed by atoms with van der Waals surface area (Å²) in [6.45, 7) is 15.3. The first kappa shape index (κ1) is 66.4. The number of carbonyl (C=O) groups is 11. The van der Waals surface area contributed by atoms with E-state index in [0.29, 0.717) is 37.2 Å². The zero-order chi connectivity index (χ0) is 59.0. The lowest BCUT2D eigenvalue weighted by atomic mass is 9.97. The van der Waals surface area contributed by atoms with Crippen molar-refractivity contribution < 1.29 is 73.2 Å². The number of nitrogens with two attached hydrogens (primary N) is 1. The molecule has 27 nitrogen and oxygen atoms in total. The molecule has 0 aliphatic carbocycles. The largest absolute Gasteiger partial charge is 0.508 e. The van der Waals surface area contributed by atoms with Crippen LogP contribution in [-0.4, -0.2) is 155 Å². The predicted octanol–water partition coefficient (Wildman–Crippen LogP) is -0.623. The minimum Gasteiger partial charge on any atom is -0.508 e. The van der Waals surface area contributed by atoms with E-state index in [9.17, 15) is 73.2 Å². The summed E-state index contributed by atoms with van der Waals surface area (Å²) >= 11 is 0. The fourth-order valence-electron chi connectivity index (χ4n) is 7.97. The quantitative estimate of drug-likeness (QED) is 0.0382. The van der Waals surface area contributed by atoms with Crippen molar-refractivity contribution in [2.24, 2.45) is 23.5 Å². The molecule has 0 unspecified atom stereocenters. The van der Waals surface area contributed by atoms with Crippen molar-refractivity contribution in [3.05, 3.63) is 41.7 Å². The Morgan fingerprint density at radius 1 is 0.615 bits per heavy atom. The summed E-state index contributed by atoms with van der Waals surface area (Å²) in [6, 6.07) is -4.86. The highest BCUT2D eigenvalue weighted by atomic mass is 16.4. The van der Waals surface area contributed by atoms with Gasteiger partial charge in [0.25, 0.3) is 0 Å². The molecular formula is C51H80N12O15. The van der Waals surface area contributed by atoms with Crippen molar-refractivity contribution in [2.45, 2.75) is 187 Å². The van der Waals surface area contributed by atoms with Crippen LogP contribution in [0.2, 0.25) is 0 Å². The predicted molar refractivity (Wildman–Crippen MR) is 280 cm³/mol. The Morgan fingerprint density at radius 3 is 1.73 bits per heavy atom. The molecular weight excluding hydrogens is 1020 g/mol. The van der Waals surface area contributed by atoms with Gasteiger partial charge in [0.15, 0.2) is 0 Å². The molecule has 0 saturated heterocycles. The van der Waals surface area contributed by atoms with Crippen LogP contribution in [0.3, 0.4) is 0 Å². The molecule has 1 aromatic carbocycles. The second kappa shape index (κ2) is 32.8. The topological polar surface area (TPSA) is 422 Å². The van der Waals surface area contributed by atoms with E-state index in [1.165, 1.54) is 29.9 Å². The van der Waals surface area contributed by atoms with Crippen molar-refractivity contribution in [1.82, 2.24) is 57.5 Å². The van der Waals surface area contributed by atoms with Gasteiger partial charge in [0.2, 0.25) is 47.3 Å². The van der Waals surface area contributed by atoms with Crippen LogP contribution < -0.4 is 48.3 Å². The van der Waals surface area contributed by atoms with Gasteiger partial charge in [-0.2, -0.15) is 0 Å². The number of aryl methyl sites for hydroxylation is 1. The van der Waals surface area contributed by atoms with E-state index >= 15 is 0 Å². The number of unbranched alkanes of at least 4 members (excludes halogenated alkanes) is 1. The number of carboxylic acid groups (broad SMARTS) is 3. The van der Waals surface area contributed by atoms with E-state index in [1.807, 2.05) is 27.7 Å². The molecule has 2 rings (SSSR count). The minimum atomic E-state index is -1.76. The maximum Gasteiger partial charge on any atom is 0.326 e. The third-order valence-electron chi connectivity index (χ3n) is 12.5. The summed E-state index contributed by atoms with van der Waals surface area (Å²) in [5, 5.41) is 66.8. The Bertz CT molecular complexity index is 2380. The van der Waals surface area contributed by atoms with Crippen LogP contribution in [-0.2, 0) is 72.1 Å². The number of phenols is 1. The second-order valence-corrected chi connectivity index (χ2v) is 20.3. The van der Waals surface area contributed by atoms with Gasteiger partial charge in [0, 0.05) is 45.0 Å². The number of rotatable bonds is 35. The molecule has 0 aliphatic rings. The number of nitrogens with zero attached hydrogens (tertiary/aromatic N) is 3. The first-order chi connectivity index (χ1) is 36.5. The standard InChI is InChI=1S/C51H80N12O15/c1-10-28(6)42(52)49(75)60-43(27(4)5)50(76)58-38(24-41(68)69)48(74)54-30(8)44(70)56-36(18-19-40(66)67)46(72)59-39(51(77)78)23-33-25-63(62-61-33)20-12-11-13-35(55-31(9)64)45(71)57-37(22-32-14-16-34(65)17-15-32)47(73)53-29(7)21-26(2)3/h14-17,25-30,35-39,42-43,65H,10-13,18-24,52H2,1-9H3,(H,53,73)(H,54,74)(H,55,64)(H,56,70)(H,57,71)(H,58,76)(H,59,72)(H,60,75)(H,66,67)(H,68,69)(H,77,78)/t28-,29+,30-,35+,36-,37-,38-,39-,42-,43-/m1/s1. The molecule has 0 saturated carbocycles. The number of hydrogen-bond donors (Lipinski definition) is 13. The zero-order valence-corrected chi connectivity index (χ0v) is 45.8. The molecule has 1 aromatic heterocycles. The van der Waals surface area contributed by atoms with Crippen molar-refractivity contribution in [3.8, 4) is 5.75 Å². The first-order valence-electron chi connectivity index (χ1n) is 26.0. The Labute approximate surface area is 453 Å². The molecule has 0 spiro atoms. The van der Waals surface area contributed by atoms with E-state index in [0.717, 1.165) is 6.92 Å². The highest BCUT2D eigenvalue weighted by Gasteiger charge is 2.35. The lowest BCUT2D eigenvalue weighted by Gasteiger charge is -2.27. The summed E-state index contributed by atoms with van der Waals surface area (Å²) in [4.78, 5) is 141. The lowest BCUT2D eigenvalue weighted by molar-refractivity contribution is -0.143. The van der Waals surface area contributed by atoms with Crippen LogP contribution in [0.25, 0.3) is 0 Å². The summed E-state index contributed by atoms with van der Waals surface area (Å²) < 4.78 is 1.39. The molecule has 10 atom stereocenters. The highest BCUT2D eigenvalue weighted by molar-refractivity contribution is 5.97. The monoisotopic (exact) mass is 1100 g/mol. The SMILES string of the molecule is CC[C@@H](C)[C@@H](N)C(=O)N[C@@H](C(=O)N[C@H](CC(=O)O)C(=O)N[C@H](C)C(=O)N[C@H](CCC(=O)O)C(=O)N[C@H](Cc1cn(CCCC[C@H](NC(C)=O)C(=O)N[C@H](Cc2ccc(O)cc2)C(=O)N[C@@H](C)CC(C)C)nn1)C(=O)O)C(C)C. The van der Waals surface area contributed by atoms with Crippen LogP contribution in [0, 0.1) is 17.8 Å². The summed E-state index contributed by atoms with van der Waals surface area (Å²) in [5.41, 5.74) is 6.80. The lowest BCUT2D eigenvalue weighted by Crippen LogP contribution is -2.60. The van der Waals surface area contributed by atoms with Crippen molar-refractivity contribution in [3.63, 3.8) is 0 Å². The van der Waals surface area contributed by atoms with E-state index in [1.54, 1.807) is 32.9 Å². The van der Waals surface area contributed by atoms with Crippen LogP contribution in [0.4, 0.5) is 0 Å². The van der Waals surface area contributed by atoms with Gasteiger partial charge in [-0.15, -0.1) is 5.10 Å². The number of carboxylic acids is 3. The van der Waals surface area contributed by atoms with E-state index in [2.05, 4.69) is 52.8 Å². The van der Waals surface area contributed by atoms with Crippen LogP contribution >= 0.6 is 0 Å². The Hall–Kier alpha value is -7.71. The molecule has 8 amide bonds. The molecule has 78 heavy (non-hydrogen) atoms. The number of aromatic hydroxyl groups is 1. The molecule has 27 heteroatoms. The van der Waals surface area contributed by atoms with Gasteiger partial charge < -0.3 is 68.7 Å². The van der Waals surface area contributed by atoms with Gasteiger partial charge in [0.1, 0.15) is 48.0 Å². The first-order valence-corrected chi connectivity index (χ1v) is 26.0. The average Bonchev–Trinajstić information content (AvgIpc) is 3.80. The smallest absolute Gasteiger partial charge is 0.326 e. The van der Waals surface area contributed by atoms with E-state index in [4.69, 9.17) is 5.73 Å². The number of hydrogen-bond acceptors (Lipinski definition) is 15. The number of benzene rings is 1. The number of nitrogens with one attached hydrogen (secondary N) is 8. The number of aliphatic carboxylic acids is 3. The van der Waals surface area contributed by atoms with Gasteiger partial charge in [-0.05, 0) is 81.4 Å². The third kappa shape index (κ3) is 24.1.